The molecule has 2 aromatic rings. The molecule has 9 heteroatoms. The monoisotopic (exact) mass is 315 g/mol. The summed E-state index contributed by atoms with van der Waals surface area (Å²) in [5, 5.41) is 5.44. The normalized spacial score (nSPS) is 11.5. The molecule has 0 aliphatic carbocycles. The van der Waals surface area contributed by atoms with Crippen LogP contribution in [0.4, 0.5) is 0 Å². The first-order valence-corrected chi connectivity index (χ1v) is 7.31. The molecule has 0 saturated carbocycles. The Bertz CT molecular complexity index is 852. The Morgan fingerprint density at radius 1 is 1.20 bits per heavy atom. The van der Waals surface area contributed by atoms with Crippen LogP contribution in [0.15, 0.2) is 44.9 Å². The Hall–Kier alpha value is -1.90. The van der Waals surface area contributed by atoms with Crippen molar-refractivity contribution in [2.75, 3.05) is 0 Å². The number of nitrogens with zero attached hydrogens (tertiary/aromatic N) is 1. The Balaban J connectivity index is 2.50. The predicted molar refractivity (Wildman–Crippen MR) is 73.2 cm³/mol. The van der Waals surface area contributed by atoms with E-state index in [0.717, 1.165) is 10.8 Å². The highest BCUT2D eigenvalue weighted by Gasteiger charge is 2.15. The Kier molecular flexibility index (Phi) is 3.80. The van der Waals surface area contributed by atoms with Gasteiger partial charge >= 0.3 is 5.69 Å². The second-order valence-electron chi connectivity index (χ2n) is 4.05. The van der Waals surface area contributed by atoms with Gasteiger partial charge in [-0.1, -0.05) is 23.7 Å². The van der Waals surface area contributed by atoms with Gasteiger partial charge in [0, 0.05) is 11.2 Å². The molecule has 0 unspecified atom stereocenters. The van der Waals surface area contributed by atoms with Gasteiger partial charge in [0.1, 0.15) is 0 Å². The number of H-pyrrole nitrogens is 1. The second kappa shape index (κ2) is 5.23. The van der Waals surface area contributed by atoms with E-state index < -0.39 is 26.2 Å². The molecule has 0 fully saturated rings. The third kappa shape index (κ3) is 3.16. The average Bonchev–Trinajstić information content (AvgIpc) is 2.33. The summed E-state index contributed by atoms with van der Waals surface area (Å²) in [4.78, 5) is 24.3. The summed E-state index contributed by atoms with van der Waals surface area (Å²) >= 11 is 5.74. The molecule has 0 spiro atoms. The van der Waals surface area contributed by atoms with E-state index in [2.05, 4.69) is 0 Å². The molecule has 0 bridgehead atoms. The van der Waals surface area contributed by atoms with Gasteiger partial charge in [0.05, 0.1) is 6.54 Å². The maximum Gasteiger partial charge on any atom is 0.328 e. The fraction of sp³-hybridized carbons (Fsp3) is 0.0909. The SMILES string of the molecule is NS(=O)(=O)c1cn(Cc2ccc(Cl)cc2)c(=O)[nH]c1=O. The maximum atomic E-state index is 11.6. The van der Waals surface area contributed by atoms with Gasteiger partial charge in [0.25, 0.3) is 5.56 Å². The zero-order valence-electron chi connectivity index (χ0n) is 10.0. The number of nitrogens with two attached hydrogens (primary N) is 1. The first-order valence-electron chi connectivity index (χ1n) is 5.38. The summed E-state index contributed by atoms with van der Waals surface area (Å²) in [5.41, 5.74) is -1.05. The molecular weight excluding hydrogens is 306 g/mol. The quantitative estimate of drug-likeness (QED) is 0.822. The molecule has 3 N–H and O–H groups in total. The molecule has 1 aromatic carbocycles. The molecule has 7 nitrogen and oxygen atoms in total. The van der Waals surface area contributed by atoms with Crippen molar-refractivity contribution in [2.45, 2.75) is 11.4 Å². The number of nitrogens with one attached hydrogen (secondary N) is 1. The summed E-state index contributed by atoms with van der Waals surface area (Å²) in [6, 6.07) is 6.62. The Labute approximate surface area is 118 Å². The molecule has 0 aliphatic rings. The lowest BCUT2D eigenvalue weighted by Crippen LogP contribution is -2.34. The van der Waals surface area contributed by atoms with E-state index in [4.69, 9.17) is 16.7 Å². The largest absolute Gasteiger partial charge is 0.328 e. The lowest BCUT2D eigenvalue weighted by molar-refractivity contribution is 0.591. The van der Waals surface area contributed by atoms with E-state index in [1.165, 1.54) is 0 Å². The van der Waals surface area contributed by atoms with Gasteiger partial charge in [-0.3, -0.25) is 14.3 Å². The molecule has 0 atom stereocenters. The standard InChI is InChI=1S/C11H10ClN3O4S/c12-8-3-1-7(2-4-8)5-15-6-9(20(13,18)19)10(16)14-11(15)17/h1-4,6H,5H2,(H2,13,18,19)(H,14,16,17). The van der Waals surface area contributed by atoms with E-state index in [1.807, 2.05) is 4.98 Å². The van der Waals surface area contributed by atoms with Gasteiger partial charge in [0.15, 0.2) is 4.90 Å². The van der Waals surface area contributed by atoms with Gasteiger partial charge in [-0.2, -0.15) is 0 Å². The fourth-order valence-corrected chi connectivity index (χ4v) is 2.31. The van der Waals surface area contributed by atoms with Gasteiger partial charge in [-0.25, -0.2) is 18.4 Å². The van der Waals surface area contributed by atoms with Gasteiger partial charge < -0.3 is 0 Å². The maximum absolute atomic E-state index is 11.6. The van der Waals surface area contributed by atoms with Crippen molar-refractivity contribution in [1.29, 1.82) is 0 Å². The first kappa shape index (κ1) is 14.5. The molecule has 106 valence electrons. The molecular formula is C11H10ClN3O4S. The topological polar surface area (TPSA) is 115 Å². The summed E-state index contributed by atoms with van der Waals surface area (Å²) in [5.74, 6) is 0. The van der Waals surface area contributed by atoms with E-state index in [1.54, 1.807) is 24.3 Å². The van der Waals surface area contributed by atoms with Crippen molar-refractivity contribution >= 4 is 21.6 Å². The van der Waals surface area contributed by atoms with Crippen LogP contribution in [-0.4, -0.2) is 18.0 Å². The van der Waals surface area contributed by atoms with E-state index >= 15 is 0 Å². The smallest absolute Gasteiger partial charge is 0.295 e. The Morgan fingerprint density at radius 3 is 2.35 bits per heavy atom. The van der Waals surface area contributed by atoms with E-state index in [0.29, 0.717) is 10.6 Å². The summed E-state index contributed by atoms with van der Waals surface area (Å²) in [6.07, 6.45) is 0.922. The minimum Gasteiger partial charge on any atom is -0.295 e. The number of halogens is 1. The highest BCUT2D eigenvalue weighted by atomic mass is 35.5. The molecule has 0 aliphatic heterocycles. The van der Waals surface area contributed by atoms with Crippen LogP contribution in [0.3, 0.4) is 0 Å². The molecule has 0 saturated heterocycles. The average molecular weight is 316 g/mol. The Morgan fingerprint density at radius 2 is 1.80 bits per heavy atom. The lowest BCUT2D eigenvalue weighted by Gasteiger charge is -2.07. The molecule has 0 amide bonds. The minimum atomic E-state index is -4.20. The van der Waals surface area contributed by atoms with Crippen molar-refractivity contribution in [3.63, 3.8) is 0 Å². The third-order valence-electron chi connectivity index (χ3n) is 2.55. The number of sulfonamides is 1. The molecule has 1 aromatic heterocycles. The van der Waals surface area contributed by atoms with Crippen molar-refractivity contribution in [1.82, 2.24) is 9.55 Å². The minimum absolute atomic E-state index is 0.0787. The van der Waals surface area contributed by atoms with Gasteiger partial charge in [0.2, 0.25) is 10.0 Å². The van der Waals surface area contributed by atoms with Crippen LogP contribution < -0.4 is 16.4 Å². The summed E-state index contributed by atoms with van der Waals surface area (Å²) < 4.78 is 23.5. The number of hydrogen-bond acceptors (Lipinski definition) is 4. The third-order valence-corrected chi connectivity index (χ3v) is 3.71. The number of benzene rings is 1. The van der Waals surface area contributed by atoms with Gasteiger partial charge in [-0.15, -0.1) is 0 Å². The fourth-order valence-electron chi connectivity index (χ4n) is 1.60. The zero-order valence-corrected chi connectivity index (χ0v) is 11.6. The van der Waals surface area contributed by atoms with Crippen molar-refractivity contribution in [3.05, 3.63) is 61.9 Å². The first-order chi connectivity index (χ1) is 9.27. The summed E-state index contributed by atoms with van der Waals surface area (Å²) in [7, 11) is -4.20. The molecule has 2 rings (SSSR count). The van der Waals surface area contributed by atoms with E-state index in [9.17, 15) is 18.0 Å². The summed E-state index contributed by atoms with van der Waals surface area (Å²) in [6.45, 7) is 0.0787. The van der Waals surface area contributed by atoms with Crippen LogP contribution >= 0.6 is 11.6 Å². The number of rotatable bonds is 3. The highest BCUT2D eigenvalue weighted by molar-refractivity contribution is 7.89. The highest BCUT2D eigenvalue weighted by Crippen LogP contribution is 2.10. The van der Waals surface area contributed by atoms with Crippen LogP contribution in [0.25, 0.3) is 0 Å². The zero-order chi connectivity index (χ0) is 14.9. The second-order valence-corrected chi connectivity index (χ2v) is 6.02. The molecule has 20 heavy (non-hydrogen) atoms. The van der Waals surface area contributed by atoms with Crippen LogP contribution in [-0.2, 0) is 16.6 Å². The number of aromatic nitrogens is 2. The van der Waals surface area contributed by atoms with Gasteiger partial charge in [-0.05, 0) is 17.7 Å². The van der Waals surface area contributed by atoms with Crippen LogP contribution in [0.1, 0.15) is 5.56 Å². The van der Waals surface area contributed by atoms with Crippen LogP contribution in [0, 0.1) is 0 Å². The molecule has 0 radical (unpaired) electrons. The van der Waals surface area contributed by atoms with Crippen molar-refractivity contribution < 1.29 is 8.42 Å². The lowest BCUT2D eigenvalue weighted by atomic mass is 10.2. The number of aromatic amines is 1. The van der Waals surface area contributed by atoms with Crippen LogP contribution in [0.5, 0.6) is 0 Å². The predicted octanol–water partition coefficient (Wildman–Crippen LogP) is -0.114. The van der Waals surface area contributed by atoms with Crippen LogP contribution in [0.2, 0.25) is 5.02 Å². The van der Waals surface area contributed by atoms with E-state index in [-0.39, 0.29) is 6.54 Å². The van der Waals surface area contributed by atoms with Crippen molar-refractivity contribution in [3.8, 4) is 0 Å². The van der Waals surface area contributed by atoms with Crippen molar-refractivity contribution in [2.24, 2.45) is 5.14 Å². The number of primary sulfonamides is 1. The number of hydrogen-bond donors (Lipinski definition) is 2. The molecule has 1 heterocycles.